The van der Waals surface area contributed by atoms with E-state index in [1.807, 2.05) is 0 Å². The van der Waals surface area contributed by atoms with Crippen molar-refractivity contribution in [2.45, 2.75) is 388 Å². The van der Waals surface area contributed by atoms with Crippen LogP contribution in [0.3, 0.4) is 0 Å². The number of rotatable bonds is 55. The molecule has 0 radical (unpaired) electrons. The van der Waals surface area contributed by atoms with Crippen molar-refractivity contribution in [3.63, 3.8) is 0 Å². The molecule has 0 bridgehead atoms. The molecule has 0 amide bonds. The third-order valence-electron chi connectivity index (χ3n) is 17.2. The standard InChI is InChI=1S/C28H36N2.2C25H51.Ni/c1-4-7-10-22-13-17-24(18-14-22)27-21-26(12-9-6-3)28(30(27)29)25-19-15-23(16-20-25)11-8-5-2;2*1-3-5-7-9-11-13-15-17-19-21-23-25-24-22-20-18-16-14-12-10-8-6-4-2;/h13-21H,4-12H2,1-3H3;2*1,3-25H2,2H3;/q;2*-1;+2. The number of benzene rings is 2. The summed E-state index contributed by atoms with van der Waals surface area (Å²) in [6.45, 7) is 19.1. The molecule has 2 nitrogen and oxygen atoms in total. The largest absolute Gasteiger partial charge is 2.00 e. The van der Waals surface area contributed by atoms with Gasteiger partial charge in [-0.1, -0.05) is 361 Å². The molecule has 1 aliphatic heterocycles. The maximum absolute atomic E-state index is 11.2. The van der Waals surface area contributed by atoms with Gasteiger partial charge >= 0.3 is 16.5 Å². The summed E-state index contributed by atoms with van der Waals surface area (Å²) in [6, 6.07) is 17.5. The second kappa shape index (κ2) is 62.5. The fourth-order valence-electron chi connectivity index (χ4n) is 11.6. The summed E-state index contributed by atoms with van der Waals surface area (Å²) in [5.74, 6) is 0. The molecule has 0 unspecified atom stereocenters. The molecule has 0 aromatic heterocycles. The minimum Gasteiger partial charge on any atom is -0.493 e. The monoisotopic (exact) mass is 1160 g/mol. The summed E-state index contributed by atoms with van der Waals surface area (Å²) in [7, 11) is 0. The van der Waals surface area contributed by atoms with E-state index in [1.54, 1.807) is 0 Å². The van der Waals surface area contributed by atoms with Crippen LogP contribution in [0.5, 0.6) is 0 Å². The fourth-order valence-corrected chi connectivity index (χ4v) is 11.6. The summed E-state index contributed by atoms with van der Waals surface area (Å²) in [6.07, 6.45) is 79.1. The first kappa shape index (κ1) is 79.0. The van der Waals surface area contributed by atoms with Gasteiger partial charge in [-0.15, -0.1) is 0 Å². The Balaban J connectivity index is 0.00000119. The van der Waals surface area contributed by atoms with Crippen molar-refractivity contribution in [1.29, 1.82) is 0 Å². The molecule has 2 aromatic carbocycles. The fraction of sp³-hybridized carbons (Fsp3) is 0.769. The van der Waals surface area contributed by atoms with Crippen LogP contribution < -0.4 is 0 Å². The van der Waals surface area contributed by atoms with Crippen molar-refractivity contribution in [2.75, 3.05) is 0 Å². The van der Waals surface area contributed by atoms with Gasteiger partial charge in [0.05, 0.1) is 0 Å². The number of allylic oxidation sites excluding steroid dienone is 2. The van der Waals surface area contributed by atoms with Crippen LogP contribution in [0.15, 0.2) is 60.2 Å². The van der Waals surface area contributed by atoms with Crippen LogP contribution in [-0.4, -0.2) is 4.70 Å². The molecule has 3 heteroatoms. The Morgan fingerprint density at radius 3 is 0.753 bits per heavy atom. The predicted octanol–water partition coefficient (Wildman–Crippen LogP) is 28.0. The number of hydrogen-bond acceptors (Lipinski definition) is 0. The molecule has 0 atom stereocenters. The van der Waals surface area contributed by atoms with Gasteiger partial charge in [-0.3, -0.25) is 0 Å². The Morgan fingerprint density at radius 2 is 0.506 bits per heavy atom. The van der Waals surface area contributed by atoms with E-state index in [0.29, 0.717) is 0 Å². The summed E-state index contributed by atoms with van der Waals surface area (Å²) in [5.41, 5.74) is 19.1. The normalized spacial score (nSPS) is 12.1. The van der Waals surface area contributed by atoms with Crippen LogP contribution in [0, 0.1) is 13.8 Å². The zero-order chi connectivity index (χ0) is 57.9. The molecular weight excluding hydrogens is 1020 g/mol. The molecule has 3 rings (SSSR count). The molecule has 1 heterocycles. The van der Waals surface area contributed by atoms with Crippen molar-refractivity contribution in [2.24, 2.45) is 0 Å². The van der Waals surface area contributed by atoms with Gasteiger partial charge in [0, 0.05) is 22.8 Å². The quantitative estimate of drug-likeness (QED) is 0.0273. The van der Waals surface area contributed by atoms with Crippen LogP contribution in [0.25, 0.3) is 16.9 Å². The van der Waals surface area contributed by atoms with E-state index in [0.717, 1.165) is 67.5 Å². The SMILES string of the molecule is CCCCC1=C(c2ccc(CCCC)cc2)[N+](=[N-])C(c2ccc(CCCC)cc2)=C1.[CH2-]CCCCCCCCCCCCCCCCCCCCCCCC.[CH2-]CCCCCCCCCCCCCCCCCCCCCCCC.[Ni+2]. The molecule has 0 aliphatic carbocycles. The van der Waals surface area contributed by atoms with E-state index in [4.69, 9.17) is 0 Å². The predicted molar refractivity (Wildman–Crippen MR) is 363 cm³/mol. The maximum atomic E-state index is 11.2. The Hall–Kier alpha value is -1.99. The van der Waals surface area contributed by atoms with E-state index in [-0.39, 0.29) is 16.5 Å². The third kappa shape index (κ3) is 46.9. The number of hydrogen-bond donors (Lipinski definition) is 0. The Labute approximate surface area is 519 Å². The summed E-state index contributed by atoms with van der Waals surface area (Å²) in [5, 5.41) is 0. The molecule has 0 N–H and O–H groups in total. The third-order valence-corrected chi connectivity index (χ3v) is 17.2. The van der Waals surface area contributed by atoms with Gasteiger partial charge in [0.1, 0.15) is 0 Å². The molecule has 0 fully saturated rings. The van der Waals surface area contributed by atoms with E-state index >= 15 is 0 Å². The zero-order valence-electron chi connectivity index (χ0n) is 55.2. The van der Waals surface area contributed by atoms with Crippen molar-refractivity contribution >= 4 is 11.4 Å². The van der Waals surface area contributed by atoms with Crippen molar-refractivity contribution < 1.29 is 21.2 Å². The Morgan fingerprint density at radius 1 is 0.284 bits per heavy atom. The average molecular weight is 1160 g/mol. The first-order valence-corrected chi connectivity index (χ1v) is 36.2. The molecular formula is C78H138N2Ni. The molecule has 0 saturated carbocycles. The van der Waals surface area contributed by atoms with E-state index in [2.05, 4.69) is 103 Å². The van der Waals surface area contributed by atoms with Gasteiger partial charge in [-0.05, 0) is 73.9 Å². The zero-order valence-corrected chi connectivity index (χ0v) is 56.2. The average Bonchev–Trinajstić information content (AvgIpc) is 3.81. The molecule has 2 aromatic rings. The summed E-state index contributed by atoms with van der Waals surface area (Å²) in [4.78, 5) is 0. The van der Waals surface area contributed by atoms with Gasteiger partial charge in [-0.25, -0.2) is 4.70 Å². The Bertz CT molecular complexity index is 1560. The Kier molecular flexibility index (Phi) is 61.0. The van der Waals surface area contributed by atoms with Crippen LogP contribution >= 0.6 is 0 Å². The first-order chi connectivity index (χ1) is 39.5. The van der Waals surface area contributed by atoms with Crippen molar-refractivity contribution in [3.05, 3.63) is 102 Å². The first-order valence-electron chi connectivity index (χ1n) is 36.2. The molecule has 0 spiro atoms. The second-order valence-electron chi connectivity index (χ2n) is 25.0. The van der Waals surface area contributed by atoms with Gasteiger partial charge in [0.2, 0.25) is 11.4 Å². The van der Waals surface area contributed by atoms with E-state index in [9.17, 15) is 5.53 Å². The smallest absolute Gasteiger partial charge is 0.493 e. The second-order valence-corrected chi connectivity index (χ2v) is 25.0. The molecule has 81 heavy (non-hydrogen) atoms. The van der Waals surface area contributed by atoms with Crippen LogP contribution in [0.4, 0.5) is 0 Å². The van der Waals surface area contributed by atoms with Crippen LogP contribution in [0.2, 0.25) is 0 Å². The summed E-state index contributed by atoms with van der Waals surface area (Å²) < 4.78 is 1.41. The van der Waals surface area contributed by atoms with E-state index < -0.39 is 0 Å². The minimum absolute atomic E-state index is 0. The van der Waals surface area contributed by atoms with Gasteiger partial charge in [-0.2, -0.15) is 12.8 Å². The minimum atomic E-state index is 0. The van der Waals surface area contributed by atoms with Crippen molar-refractivity contribution in [1.82, 2.24) is 0 Å². The summed E-state index contributed by atoms with van der Waals surface area (Å²) >= 11 is 0. The number of unbranched alkanes of at least 4 members (excludes halogenated alkanes) is 47. The van der Waals surface area contributed by atoms with Crippen LogP contribution in [-0.2, 0) is 29.3 Å². The van der Waals surface area contributed by atoms with Gasteiger partial charge < -0.3 is 19.4 Å². The van der Waals surface area contributed by atoms with E-state index in [1.165, 1.54) is 330 Å². The topological polar surface area (TPSA) is 25.3 Å². The molecule has 0 saturated heterocycles. The molecule has 470 valence electrons. The number of aryl methyl sites for hydroxylation is 2. The van der Waals surface area contributed by atoms with Gasteiger partial charge in [0.15, 0.2) is 0 Å². The maximum Gasteiger partial charge on any atom is 2.00 e. The van der Waals surface area contributed by atoms with Crippen molar-refractivity contribution in [3.8, 4) is 0 Å². The molecule has 1 aliphatic rings. The van der Waals surface area contributed by atoms with Crippen LogP contribution in [0.1, 0.15) is 397 Å². The van der Waals surface area contributed by atoms with Gasteiger partial charge in [0.25, 0.3) is 0 Å². The number of nitrogens with zero attached hydrogens (tertiary/aromatic N) is 2.